The van der Waals surface area contributed by atoms with Gasteiger partial charge in [-0.05, 0) is 60.9 Å². The van der Waals surface area contributed by atoms with Crippen LogP contribution in [-0.4, -0.2) is 32.4 Å². The number of methoxy groups -OCH3 is 1. The van der Waals surface area contributed by atoms with Crippen molar-refractivity contribution < 1.29 is 9.53 Å². The van der Waals surface area contributed by atoms with Crippen molar-refractivity contribution in [2.24, 2.45) is 0 Å². The molecule has 0 saturated carbocycles. The predicted molar refractivity (Wildman–Crippen MR) is 153 cm³/mol. The molecular weight excluding hydrogens is 486 g/mol. The Morgan fingerprint density at radius 2 is 1.72 bits per heavy atom. The summed E-state index contributed by atoms with van der Waals surface area (Å²) in [4.78, 5) is 16.0. The second-order valence-electron chi connectivity index (χ2n) is 9.69. The molecule has 0 bridgehead atoms. The molecular formula is C32H31N5O2. The van der Waals surface area contributed by atoms with Crippen LogP contribution in [0.4, 0.5) is 10.5 Å². The third kappa shape index (κ3) is 4.36. The third-order valence-electron chi connectivity index (χ3n) is 7.40. The molecule has 3 heterocycles. The van der Waals surface area contributed by atoms with Gasteiger partial charge in [0.1, 0.15) is 11.6 Å². The number of hydrogen-bond acceptors (Lipinski definition) is 3. The number of carbonyl (C=O) groups is 1. The van der Waals surface area contributed by atoms with E-state index in [-0.39, 0.29) is 12.1 Å². The molecule has 6 rings (SSSR count). The van der Waals surface area contributed by atoms with E-state index in [1.165, 1.54) is 5.56 Å². The first-order chi connectivity index (χ1) is 19.1. The molecule has 0 spiro atoms. The third-order valence-corrected chi connectivity index (χ3v) is 7.40. The molecule has 3 aromatic carbocycles. The molecule has 1 N–H and O–H groups in total. The highest BCUT2D eigenvalue weighted by Gasteiger charge is 2.36. The Bertz CT molecular complexity index is 1620. The van der Waals surface area contributed by atoms with E-state index in [1.807, 2.05) is 77.2 Å². The van der Waals surface area contributed by atoms with Gasteiger partial charge in [-0.1, -0.05) is 61.5 Å². The van der Waals surface area contributed by atoms with Crippen molar-refractivity contribution in [2.75, 3.05) is 12.4 Å². The van der Waals surface area contributed by atoms with Crippen molar-refractivity contribution in [2.45, 2.75) is 32.9 Å². The van der Waals surface area contributed by atoms with Gasteiger partial charge in [0.05, 0.1) is 42.5 Å². The van der Waals surface area contributed by atoms with E-state index in [2.05, 4.69) is 53.3 Å². The van der Waals surface area contributed by atoms with Crippen LogP contribution in [0.5, 0.6) is 5.75 Å². The lowest BCUT2D eigenvalue weighted by Crippen LogP contribution is -2.38. The van der Waals surface area contributed by atoms with Crippen LogP contribution in [-0.2, 0) is 13.0 Å². The lowest BCUT2D eigenvalue weighted by atomic mass is 9.99. The Hall–Kier alpha value is -4.78. The highest BCUT2D eigenvalue weighted by molar-refractivity contribution is 5.91. The first-order valence-corrected chi connectivity index (χ1v) is 13.2. The number of ether oxygens (including phenoxy) is 1. The summed E-state index contributed by atoms with van der Waals surface area (Å²) in [5, 5.41) is 8.04. The molecule has 2 amide bonds. The van der Waals surface area contributed by atoms with Crippen molar-refractivity contribution in [3.05, 3.63) is 125 Å². The van der Waals surface area contributed by atoms with Crippen molar-refractivity contribution in [3.8, 4) is 17.3 Å². The minimum absolute atomic E-state index is 0.212. The van der Waals surface area contributed by atoms with Gasteiger partial charge in [0.25, 0.3) is 0 Å². The van der Waals surface area contributed by atoms with Crippen LogP contribution in [0.1, 0.15) is 41.0 Å². The predicted octanol–water partition coefficient (Wildman–Crippen LogP) is 6.68. The van der Waals surface area contributed by atoms with Gasteiger partial charge in [-0.25, -0.2) is 9.48 Å². The monoisotopic (exact) mass is 517 g/mol. The summed E-state index contributed by atoms with van der Waals surface area (Å²) >= 11 is 0. The molecule has 0 fully saturated rings. The van der Waals surface area contributed by atoms with E-state index >= 15 is 0 Å². The zero-order valence-electron chi connectivity index (χ0n) is 22.3. The number of nitrogens with zero attached hydrogens (tertiary/aromatic N) is 4. The molecule has 196 valence electrons. The first kappa shape index (κ1) is 24.6. The summed E-state index contributed by atoms with van der Waals surface area (Å²) < 4.78 is 9.67. The second-order valence-corrected chi connectivity index (χ2v) is 9.69. The number of aryl methyl sites for hydroxylation is 2. The van der Waals surface area contributed by atoms with E-state index in [9.17, 15) is 4.79 Å². The van der Waals surface area contributed by atoms with E-state index in [0.29, 0.717) is 18.0 Å². The summed E-state index contributed by atoms with van der Waals surface area (Å²) in [6, 6.07) is 29.7. The lowest BCUT2D eigenvalue weighted by Gasteiger charge is -2.31. The Labute approximate surface area is 228 Å². The van der Waals surface area contributed by atoms with Gasteiger partial charge < -0.3 is 19.5 Å². The molecule has 39 heavy (non-hydrogen) atoms. The minimum atomic E-state index is -0.323. The largest absolute Gasteiger partial charge is 0.495 e. The molecule has 0 radical (unpaired) electrons. The van der Waals surface area contributed by atoms with E-state index in [4.69, 9.17) is 9.84 Å². The van der Waals surface area contributed by atoms with Crippen molar-refractivity contribution in [1.82, 2.24) is 19.2 Å². The number of amides is 2. The molecule has 5 aromatic rings. The number of aromatic nitrogens is 3. The number of carbonyl (C=O) groups excluding carboxylic acids is 1. The topological polar surface area (TPSA) is 64.3 Å². The summed E-state index contributed by atoms with van der Waals surface area (Å²) in [5.74, 6) is 1.56. The standard InChI is InChI=1S/C32H31N5O2/c1-4-23-16-18-24(19-17-23)30-28-14-10-20-35(28)31-26(22(2)34-37(31)25-11-6-5-7-12-25)21-36(30)32(38)33-27-13-8-9-15-29(27)39-3/h5-20,30H,4,21H2,1-3H3,(H,33,38)/t30-/m1/s1. The number of fused-ring (bicyclic) bond motifs is 3. The molecule has 7 nitrogen and oxygen atoms in total. The van der Waals surface area contributed by atoms with E-state index in [1.54, 1.807) is 7.11 Å². The van der Waals surface area contributed by atoms with Gasteiger partial charge in [0, 0.05) is 11.8 Å². The summed E-state index contributed by atoms with van der Waals surface area (Å²) in [7, 11) is 1.61. The van der Waals surface area contributed by atoms with Crippen LogP contribution in [0.15, 0.2) is 97.2 Å². The molecule has 1 aliphatic heterocycles. The van der Waals surface area contributed by atoms with Gasteiger partial charge in [-0.2, -0.15) is 5.10 Å². The van der Waals surface area contributed by atoms with Crippen molar-refractivity contribution in [3.63, 3.8) is 0 Å². The number of hydrogen-bond donors (Lipinski definition) is 1. The lowest BCUT2D eigenvalue weighted by molar-refractivity contribution is 0.194. The van der Waals surface area contributed by atoms with Crippen LogP contribution in [0, 0.1) is 6.92 Å². The fraction of sp³-hybridized carbons (Fsp3) is 0.188. The molecule has 0 aliphatic carbocycles. The normalized spacial score (nSPS) is 14.3. The molecule has 0 saturated heterocycles. The number of nitrogens with one attached hydrogen (secondary N) is 1. The van der Waals surface area contributed by atoms with Gasteiger partial charge in [-0.3, -0.25) is 0 Å². The fourth-order valence-corrected chi connectivity index (χ4v) is 5.37. The maximum absolute atomic E-state index is 14.1. The summed E-state index contributed by atoms with van der Waals surface area (Å²) in [5.41, 5.74) is 6.77. The fourth-order valence-electron chi connectivity index (χ4n) is 5.37. The smallest absolute Gasteiger partial charge is 0.323 e. The number of benzene rings is 3. The maximum Gasteiger partial charge on any atom is 0.323 e. The van der Waals surface area contributed by atoms with Crippen molar-refractivity contribution in [1.29, 1.82) is 0 Å². The quantitative estimate of drug-likeness (QED) is 0.283. The second kappa shape index (κ2) is 10.2. The van der Waals surface area contributed by atoms with Crippen molar-refractivity contribution >= 4 is 11.7 Å². The average molecular weight is 518 g/mol. The Kier molecular flexibility index (Phi) is 6.40. The average Bonchev–Trinajstić information content (AvgIpc) is 3.54. The van der Waals surface area contributed by atoms with Gasteiger partial charge in [0.2, 0.25) is 0 Å². The number of anilines is 1. The van der Waals surface area contributed by atoms with E-state index < -0.39 is 0 Å². The maximum atomic E-state index is 14.1. The highest BCUT2D eigenvalue weighted by atomic mass is 16.5. The van der Waals surface area contributed by atoms with Crippen LogP contribution in [0.3, 0.4) is 0 Å². The van der Waals surface area contributed by atoms with Crippen LogP contribution in [0.2, 0.25) is 0 Å². The van der Waals surface area contributed by atoms with Crippen LogP contribution < -0.4 is 10.1 Å². The number of para-hydroxylation sites is 3. The van der Waals surface area contributed by atoms with Crippen LogP contribution in [0.25, 0.3) is 11.5 Å². The molecule has 7 heteroatoms. The Balaban J connectivity index is 1.53. The Morgan fingerprint density at radius 1 is 0.974 bits per heavy atom. The molecule has 0 unspecified atom stereocenters. The Morgan fingerprint density at radius 3 is 2.46 bits per heavy atom. The molecule has 1 aliphatic rings. The highest BCUT2D eigenvalue weighted by Crippen LogP contribution is 2.39. The first-order valence-electron chi connectivity index (χ1n) is 13.2. The number of rotatable bonds is 5. The number of urea groups is 1. The summed E-state index contributed by atoms with van der Waals surface area (Å²) in [6.07, 6.45) is 3.01. The molecule has 1 atom stereocenters. The SMILES string of the molecule is CCc1ccc([C@@H]2c3cccn3-c3c(c(C)nn3-c3ccccc3)CN2C(=O)Nc2ccccc2OC)cc1. The zero-order valence-corrected chi connectivity index (χ0v) is 22.3. The van der Waals surface area contributed by atoms with E-state index in [0.717, 1.165) is 40.4 Å². The van der Waals surface area contributed by atoms with Gasteiger partial charge in [-0.15, -0.1) is 0 Å². The zero-order chi connectivity index (χ0) is 26.9. The van der Waals surface area contributed by atoms with Gasteiger partial charge in [0.15, 0.2) is 0 Å². The summed E-state index contributed by atoms with van der Waals surface area (Å²) in [6.45, 7) is 4.54. The van der Waals surface area contributed by atoms with Crippen LogP contribution >= 0.6 is 0 Å². The van der Waals surface area contributed by atoms with Gasteiger partial charge >= 0.3 is 6.03 Å². The molecule has 2 aromatic heterocycles. The minimum Gasteiger partial charge on any atom is -0.495 e.